The molecule has 0 radical (unpaired) electrons. The molecule has 0 saturated carbocycles. The maximum atomic E-state index is 12.0. The summed E-state index contributed by atoms with van der Waals surface area (Å²) in [7, 11) is 1.66. The zero-order chi connectivity index (χ0) is 19.8. The van der Waals surface area contributed by atoms with E-state index in [1.807, 2.05) is 49.4 Å². The van der Waals surface area contributed by atoms with Crippen LogP contribution in [0.1, 0.15) is 35.2 Å². The van der Waals surface area contributed by atoms with Gasteiger partial charge in [0.2, 0.25) is 17.7 Å². The maximum absolute atomic E-state index is 12.0. The summed E-state index contributed by atoms with van der Waals surface area (Å²) < 4.78 is 11.0. The van der Waals surface area contributed by atoms with Gasteiger partial charge < -0.3 is 14.5 Å². The highest BCUT2D eigenvalue weighted by atomic mass is 16.5. The molecule has 7 heteroatoms. The molecule has 1 amide bonds. The lowest BCUT2D eigenvalue weighted by molar-refractivity contribution is -0.121. The van der Waals surface area contributed by atoms with Crippen LogP contribution in [0, 0.1) is 6.92 Å². The smallest absolute Gasteiger partial charge is 0.220 e. The van der Waals surface area contributed by atoms with Gasteiger partial charge in [-0.15, -0.1) is 10.2 Å². The number of hydrogen-bond donors (Lipinski definition) is 1. The monoisotopic (exact) mass is 380 g/mol. The molecular formula is C21H24N4O3. The molecular weight excluding hydrogens is 356 g/mol. The highest BCUT2D eigenvalue weighted by Crippen LogP contribution is 2.19. The number of methoxy groups -OCH3 is 1. The van der Waals surface area contributed by atoms with Crippen LogP contribution >= 0.6 is 0 Å². The van der Waals surface area contributed by atoms with Crippen LogP contribution in [0.2, 0.25) is 0 Å². The molecule has 7 nitrogen and oxygen atoms in total. The number of para-hydroxylation sites is 1. The lowest BCUT2D eigenvalue weighted by atomic mass is 10.1. The Balaban J connectivity index is 1.43. The Morgan fingerprint density at radius 1 is 1.04 bits per heavy atom. The highest BCUT2D eigenvalue weighted by Gasteiger charge is 2.10. The van der Waals surface area contributed by atoms with Gasteiger partial charge in [0.15, 0.2) is 0 Å². The molecule has 0 spiro atoms. The number of amides is 1. The molecule has 2 heterocycles. The molecule has 3 aromatic rings. The number of rotatable bonds is 9. The number of pyridine rings is 1. The van der Waals surface area contributed by atoms with Gasteiger partial charge in [0.1, 0.15) is 5.75 Å². The van der Waals surface area contributed by atoms with Gasteiger partial charge in [-0.2, -0.15) is 0 Å². The number of carbonyl (C=O) groups excluding carboxylic acids is 1. The third kappa shape index (κ3) is 5.64. The van der Waals surface area contributed by atoms with E-state index in [4.69, 9.17) is 9.15 Å². The van der Waals surface area contributed by atoms with Gasteiger partial charge in [0.25, 0.3) is 0 Å². The Labute approximate surface area is 164 Å². The number of carbonyl (C=O) groups is 1. The first-order chi connectivity index (χ1) is 13.6. The first-order valence-electron chi connectivity index (χ1n) is 9.26. The molecule has 1 aromatic carbocycles. The summed E-state index contributed by atoms with van der Waals surface area (Å²) in [5, 5.41) is 11.0. The minimum atomic E-state index is -0.0721. The molecule has 0 aliphatic carbocycles. The van der Waals surface area contributed by atoms with E-state index in [0.717, 1.165) is 29.1 Å². The number of nitrogens with one attached hydrogen (secondary N) is 1. The summed E-state index contributed by atoms with van der Waals surface area (Å²) in [4.78, 5) is 16.4. The van der Waals surface area contributed by atoms with E-state index >= 15 is 0 Å². The molecule has 28 heavy (non-hydrogen) atoms. The van der Waals surface area contributed by atoms with E-state index in [2.05, 4.69) is 20.5 Å². The molecule has 146 valence electrons. The first kappa shape index (κ1) is 19.5. The molecule has 0 aliphatic rings. The van der Waals surface area contributed by atoms with Crippen molar-refractivity contribution in [3.8, 4) is 5.75 Å². The van der Waals surface area contributed by atoms with Crippen LogP contribution in [-0.2, 0) is 30.6 Å². The minimum absolute atomic E-state index is 0.0721. The summed E-state index contributed by atoms with van der Waals surface area (Å²) >= 11 is 0. The predicted molar refractivity (Wildman–Crippen MR) is 104 cm³/mol. The number of nitrogens with zero attached hydrogens (tertiary/aromatic N) is 3. The Hall–Kier alpha value is -3.22. The SMILES string of the molecule is COc1ccccc1CCc1nnc(CCC(=O)NCc2cccc(C)n2)o1. The predicted octanol–water partition coefficient (Wildman–Crippen LogP) is 2.82. The van der Waals surface area contributed by atoms with Crippen LogP contribution in [0.15, 0.2) is 46.9 Å². The minimum Gasteiger partial charge on any atom is -0.496 e. The van der Waals surface area contributed by atoms with Crippen molar-refractivity contribution >= 4 is 5.91 Å². The maximum Gasteiger partial charge on any atom is 0.220 e. The molecule has 2 aromatic heterocycles. The molecule has 1 N–H and O–H groups in total. The quantitative estimate of drug-likeness (QED) is 0.614. The number of benzene rings is 1. The Kier molecular flexibility index (Phi) is 6.73. The zero-order valence-electron chi connectivity index (χ0n) is 16.1. The summed E-state index contributed by atoms with van der Waals surface area (Å²) in [6.07, 6.45) is 2.07. The van der Waals surface area contributed by atoms with Gasteiger partial charge in [-0.3, -0.25) is 9.78 Å². The fourth-order valence-corrected chi connectivity index (χ4v) is 2.84. The van der Waals surface area contributed by atoms with Crippen LogP contribution in [0.5, 0.6) is 5.75 Å². The molecule has 0 aliphatic heterocycles. The van der Waals surface area contributed by atoms with Crippen LogP contribution < -0.4 is 10.1 Å². The fraction of sp³-hybridized carbons (Fsp3) is 0.333. The summed E-state index contributed by atoms with van der Waals surface area (Å²) in [6.45, 7) is 2.33. The topological polar surface area (TPSA) is 90.1 Å². The molecule has 3 rings (SSSR count). The van der Waals surface area contributed by atoms with Crippen LogP contribution in [0.3, 0.4) is 0 Å². The molecule has 0 fully saturated rings. The van der Waals surface area contributed by atoms with E-state index in [0.29, 0.717) is 37.6 Å². The number of aromatic nitrogens is 3. The highest BCUT2D eigenvalue weighted by molar-refractivity contribution is 5.75. The van der Waals surface area contributed by atoms with E-state index in [1.165, 1.54) is 0 Å². The van der Waals surface area contributed by atoms with Crippen LogP contribution in [-0.4, -0.2) is 28.2 Å². The Morgan fingerprint density at radius 3 is 2.61 bits per heavy atom. The Morgan fingerprint density at radius 2 is 1.82 bits per heavy atom. The van der Waals surface area contributed by atoms with Gasteiger partial charge in [-0.1, -0.05) is 24.3 Å². The number of aryl methyl sites for hydroxylation is 4. The molecule has 0 bridgehead atoms. The lowest BCUT2D eigenvalue weighted by Crippen LogP contribution is -2.23. The van der Waals surface area contributed by atoms with Crippen molar-refractivity contribution in [2.24, 2.45) is 0 Å². The van der Waals surface area contributed by atoms with E-state index in [9.17, 15) is 4.79 Å². The Bertz CT molecular complexity index is 923. The van der Waals surface area contributed by atoms with Gasteiger partial charge in [0, 0.05) is 25.0 Å². The van der Waals surface area contributed by atoms with Gasteiger partial charge in [-0.25, -0.2) is 0 Å². The summed E-state index contributed by atoms with van der Waals surface area (Å²) in [6, 6.07) is 13.6. The average Bonchev–Trinajstić information content (AvgIpc) is 3.17. The largest absolute Gasteiger partial charge is 0.496 e. The normalized spacial score (nSPS) is 10.6. The van der Waals surface area contributed by atoms with Crippen LogP contribution in [0.25, 0.3) is 0 Å². The van der Waals surface area contributed by atoms with Gasteiger partial charge in [-0.05, 0) is 37.1 Å². The molecule has 0 unspecified atom stereocenters. The average molecular weight is 380 g/mol. The van der Waals surface area contributed by atoms with Crippen molar-refractivity contribution in [3.63, 3.8) is 0 Å². The third-order valence-corrected chi connectivity index (χ3v) is 4.29. The van der Waals surface area contributed by atoms with Crippen molar-refractivity contribution in [2.45, 2.75) is 39.2 Å². The van der Waals surface area contributed by atoms with Crippen molar-refractivity contribution in [3.05, 3.63) is 71.2 Å². The second-order valence-electron chi connectivity index (χ2n) is 6.45. The van der Waals surface area contributed by atoms with Crippen molar-refractivity contribution < 1.29 is 13.9 Å². The van der Waals surface area contributed by atoms with E-state index in [-0.39, 0.29) is 5.91 Å². The van der Waals surface area contributed by atoms with Crippen molar-refractivity contribution in [1.82, 2.24) is 20.5 Å². The fourth-order valence-electron chi connectivity index (χ4n) is 2.84. The lowest BCUT2D eigenvalue weighted by Gasteiger charge is -2.06. The van der Waals surface area contributed by atoms with Gasteiger partial charge in [0.05, 0.1) is 19.3 Å². The van der Waals surface area contributed by atoms with Crippen molar-refractivity contribution in [2.75, 3.05) is 7.11 Å². The van der Waals surface area contributed by atoms with Crippen molar-refractivity contribution in [1.29, 1.82) is 0 Å². The number of hydrogen-bond acceptors (Lipinski definition) is 6. The molecule has 0 atom stereocenters. The van der Waals surface area contributed by atoms with Crippen LogP contribution in [0.4, 0.5) is 0 Å². The zero-order valence-corrected chi connectivity index (χ0v) is 16.1. The second-order valence-corrected chi connectivity index (χ2v) is 6.45. The first-order valence-corrected chi connectivity index (χ1v) is 9.26. The third-order valence-electron chi connectivity index (χ3n) is 4.29. The number of ether oxygens (including phenoxy) is 1. The summed E-state index contributed by atoms with van der Waals surface area (Å²) in [5.41, 5.74) is 2.86. The standard InChI is InChI=1S/C21H24N4O3/c1-15-6-5-8-17(23-15)14-22-19(26)11-13-21-25-24-20(28-21)12-10-16-7-3-4-9-18(16)27-2/h3-9H,10-14H2,1-2H3,(H,22,26). The summed E-state index contributed by atoms with van der Waals surface area (Å²) in [5.74, 6) is 1.81. The van der Waals surface area contributed by atoms with Gasteiger partial charge >= 0.3 is 0 Å². The van der Waals surface area contributed by atoms with E-state index in [1.54, 1.807) is 7.11 Å². The molecule has 0 saturated heterocycles. The van der Waals surface area contributed by atoms with E-state index < -0.39 is 0 Å². The second kappa shape index (κ2) is 9.64.